The molecule has 1 aromatic carbocycles. The number of nitrogens with one attached hydrogen (secondary N) is 1. The van der Waals surface area contributed by atoms with Crippen LogP contribution in [-0.2, 0) is 0 Å². The average Bonchev–Trinajstić information content (AvgIpc) is 2.81. The average molecular weight is 316 g/mol. The van der Waals surface area contributed by atoms with Crippen LogP contribution < -0.4 is 5.32 Å². The van der Waals surface area contributed by atoms with Crippen LogP contribution in [0.5, 0.6) is 0 Å². The molecule has 0 saturated carbocycles. The smallest absolute Gasteiger partial charge is 0.227 e. The van der Waals surface area contributed by atoms with Gasteiger partial charge in [0.1, 0.15) is 0 Å². The fourth-order valence-electron chi connectivity index (χ4n) is 2.12. The molecule has 0 spiro atoms. The Morgan fingerprint density at radius 1 is 1.10 bits per heavy atom. The Morgan fingerprint density at radius 3 is 2.52 bits per heavy atom. The van der Waals surface area contributed by atoms with Crippen molar-refractivity contribution in [3.05, 3.63) is 57.4 Å². The summed E-state index contributed by atoms with van der Waals surface area (Å²) in [7, 11) is 0. The Labute approximate surface area is 132 Å². The molecule has 0 atom stereocenters. The van der Waals surface area contributed by atoms with Crippen LogP contribution in [0.3, 0.4) is 0 Å². The second-order valence-electron chi connectivity index (χ2n) is 4.72. The van der Waals surface area contributed by atoms with Crippen molar-refractivity contribution in [2.24, 2.45) is 0 Å². The molecule has 0 bridgehead atoms. The molecule has 3 rings (SSSR count). The number of anilines is 2. The Hall–Kier alpha value is -1.91. The van der Waals surface area contributed by atoms with Crippen molar-refractivity contribution in [2.45, 2.75) is 13.8 Å². The molecule has 21 heavy (non-hydrogen) atoms. The zero-order valence-corrected chi connectivity index (χ0v) is 13.3. The van der Waals surface area contributed by atoms with Gasteiger partial charge in [-0.3, -0.25) is 0 Å². The highest BCUT2D eigenvalue weighted by molar-refractivity contribution is 7.12. The van der Waals surface area contributed by atoms with Crippen molar-refractivity contribution in [2.75, 3.05) is 5.32 Å². The van der Waals surface area contributed by atoms with Gasteiger partial charge >= 0.3 is 0 Å². The normalized spacial score (nSPS) is 10.6. The van der Waals surface area contributed by atoms with Gasteiger partial charge in [0, 0.05) is 32.2 Å². The lowest BCUT2D eigenvalue weighted by Gasteiger charge is -2.06. The third-order valence-electron chi connectivity index (χ3n) is 3.07. The summed E-state index contributed by atoms with van der Waals surface area (Å²) in [6.07, 6.45) is 1.77. The molecule has 3 nitrogen and oxygen atoms in total. The molecule has 0 aliphatic rings. The van der Waals surface area contributed by atoms with E-state index in [-0.39, 0.29) is 0 Å². The van der Waals surface area contributed by atoms with Gasteiger partial charge in [-0.15, -0.1) is 11.3 Å². The summed E-state index contributed by atoms with van der Waals surface area (Å²) in [5, 5.41) is 3.90. The number of aryl methyl sites for hydroxylation is 2. The zero-order chi connectivity index (χ0) is 14.8. The maximum atomic E-state index is 5.88. The minimum atomic E-state index is 0.582. The molecule has 0 aliphatic heterocycles. The van der Waals surface area contributed by atoms with E-state index in [0.29, 0.717) is 11.0 Å². The van der Waals surface area contributed by atoms with Gasteiger partial charge < -0.3 is 5.32 Å². The van der Waals surface area contributed by atoms with E-state index in [1.165, 1.54) is 15.3 Å². The number of hydrogen-bond acceptors (Lipinski definition) is 4. The standard InChI is InChI=1S/C16H14ClN3S/c1-10-9-14(11(2)21-10)15-7-8-18-16(20-15)19-13-5-3-12(17)4-6-13/h3-9H,1-2H3,(H,18,19,20). The molecule has 1 N–H and O–H groups in total. The summed E-state index contributed by atoms with van der Waals surface area (Å²) in [6.45, 7) is 4.22. The van der Waals surface area contributed by atoms with Crippen molar-refractivity contribution in [3.63, 3.8) is 0 Å². The van der Waals surface area contributed by atoms with Crippen LogP contribution in [0.2, 0.25) is 5.02 Å². The minimum Gasteiger partial charge on any atom is -0.324 e. The second-order valence-corrected chi connectivity index (χ2v) is 6.62. The van der Waals surface area contributed by atoms with Crippen molar-refractivity contribution < 1.29 is 0 Å². The number of aromatic nitrogens is 2. The van der Waals surface area contributed by atoms with E-state index in [9.17, 15) is 0 Å². The Balaban J connectivity index is 1.89. The number of hydrogen-bond donors (Lipinski definition) is 1. The first kappa shape index (κ1) is 14.0. The maximum absolute atomic E-state index is 5.88. The summed E-state index contributed by atoms with van der Waals surface area (Å²) in [5.41, 5.74) is 3.01. The van der Waals surface area contributed by atoms with Crippen LogP contribution in [0.25, 0.3) is 11.3 Å². The number of nitrogens with zero attached hydrogens (tertiary/aromatic N) is 2. The van der Waals surface area contributed by atoms with Crippen molar-refractivity contribution in [1.82, 2.24) is 9.97 Å². The van der Waals surface area contributed by atoms with Crippen LogP contribution in [-0.4, -0.2) is 9.97 Å². The molecule has 5 heteroatoms. The molecule has 106 valence electrons. The molecule has 0 saturated heterocycles. The van der Waals surface area contributed by atoms with E-state index in [0.717, 1.165) is 11.4 Å². The highest BCUT2D eigenvalue weighted by Gasteiger charge is 2.08. The maximum Gasteiger partial charge on any atom is 0.227 e. The largest absolute Gasteiger partial charge is 0.324 e. The Morgan fingerprint density at radius 2 is 1.86 bits per heavy atom. The molecule has 0 fully saturated rings. The van der Waals surface area contributed by atoms with Crippen molar-refractivity contribution in [3.8, 4) is 11.3 Å². The lowest BCUT2D eigenvalue weighted by atomic mass is 10.2. The highest BCUT2D eigenvalue weighted by atomic mass is 35.5. The third kappa shape index (κ3) is 3.23. The summed E-state index contributed by atoms with van der Waals surface area (Å²) in [6, 6.07) is 11.6. The fraction of sp³-hybridized carbons (Fsp3) is 0.125. The second kappa shape index (κ2) is 5.84. The van der Waals surface area contributed by atoms with Crippen LogP contribution in [0, 0.1) is 13.8 Å². The first-order valence-electron chi connectivity index (χ1n) is 6.55. The number of benzene rings is 1. The van der Waals surface area contributed by atoms with Crippen molar-refractivity contribution >= 4 is 34.6 Å². The Bertz CT molecular complexity index is 765. The van der Waals surface area contributed by atoms with Gasteiger partial charge in [-0.05, 0) is 50.2 Å². The molecule has 0 aliphatic carbocycles. The molecular formula is C16H14ClN3S. The molecule has 3 aromatic rings. The van der Waals surface area contributed by atoms with Crippen LogP contribution in [0.4, 0.5) is 11.6 Å². The van der Waals surface area contributed by atoms with E-state index in [1.54, 1.807) is 17.5 Å². The van der Waals surface area contributed by atoms with Gasteiger partial charge in [-0.2, -0.15) is 0 Å². The fourth-order valence-corrected chi connectivity index (χ4v) is 3.18. The summed E-state index contributed by atoms with van der Waals surface area (Å²) < 4.78 is 0. The number of thiophene rings is 1. The molecule has 0 radical (unpaired) electrons. The van der Waals surface area contributed by atoms with Gasteiger partial charge in [0.15, 0.2) is 0 Å². The lowest BCUT2D eigenvalue weighted by Crippen LogP contribution is -1.97. The minimum absolute atomic E-state index is 0.582. The van der Waals surface area contributed by atoms with E-state index < -0.39 is 0 Å². The molecule has 0 unspecified atom stereocenters. The first-order valence-corrected chi connectivity index (χ1v) is 7.74. The quantitative estimate of drug-likeness (QED) is 0.720. The molecule has 0 amide bonds. The van der Waals surface area contributed by atoms with Crippen LogP contribution >= 0.6 is 22.9 Å². The van der Waals surface area contributed by atoms with Gasteiger partial charge in [0.2, 0.25) is 5.95 Å². The molecular weight excluding hydrogens is 302 g/mol. The third-order valence-corrected chi connectivity index (χ3v) is 4.29. The predicted octanol–water partition coefficient (Wildman–Crippen LogP) is 5.22. The SMILES string of the molecule is Cc1cc(-c2ccnc(Nc3ccc(Cl)cc3)n2)c(C)s1. The Kier molecular flexibility index (Phi) is 3.90. The number of rotatable bonds is 3. The molecule has 2 aromatic heterocycles. The van der Waals surface area contributed by atoms with Gasteiger partial charge in [-0.25, -0.2) is 9.97 Å². The monoisotopic (exact) mass is 315 g/mol. The number of halogens is 1. The van der Waals surface area contributed by atoms with E-state index in [4.69, 9.17) is 11.6 Å². The topological polar surface area (TPSA) is 37.8 Å². The van der Waals surface area contributed by atoms with E-state index in [1.807, 2.05) is 30.3 Å². The highest BCUT2D eigenvalue weighted by Crippen LogP contribution is 2.29. The lowest BCUT2D eigenvalue weighted by molar-refractivity contribution is 1.17. The molecule has 2 heterocycles. The van der Waals surface area contributed by atoms with Crippen LogP contribution in [0.1, 0.15) is 9.75 Å². The zero-order valence-electron chi connectivity index (χ0n) is 11.7. The predicted molar refractivity (Wildman–Crippen MR) is 89.6 cm³/mol. The first-order chi connectivity index (χ1) is 10.1. The van der Waals surface area contributed by atoms with E-state index in [2.05, 4.69) is 35.2 Å². The van der Waals surface area contributed by atoms with Gasteiger partial charge in [0.25, 0.3) is 0 Å². The van der Waals surface area contributed by atoms with Crippen LogP contribution in [0.15, 0.2) is 42.6 Å². The van der Waals surface area contributed by atoms with Crippen molar-refractivity contribution in [1.29, 1.82) is 0 Å². The summed E-state index contributed by atoms with van der Waals surface area (Å²) in [4.78, 5) is 11.4. The summed E-state index contributed by atoms with van der Waals surface area (Å²) >= 11 is 7.66. The van der Waals surface area contributed by atoms with Gasteiger partial charge in [-0.1, -0.05) is 11.6 Å². The van der Waals surface area contributed by atoms with E-state index >= 15 is 0 Å². The summed E-state index contributed by atoms with van der Waals surface area (Å²) in [5.74, 6) is 0.582. The van der Waals surface area contributed by atoms with Gasteiger partial charge in [0.05, 0.1) is 5.69 Å².